The van der Waals surface area contributed by atoms with E-state index in [1.807, 2.05) is 43.5 Å². The normalized spacial score (nSPS) is 14.8. The Kier molecular flexibility index (Phi) is 5.33. The summed E-state index contributed by atoms with van der Waals surface area (Å²) in [5.74, 6) is 0. The molecule has 126 valence electrons. The molecule has 24 heavy (non-hydrogen) atoms. The number of carbonyl (C=O) groups is 1. The SMILES string of the molecule is CC/C=C/COC(=O)Nc1ccc2[nH]cc(C3=CCNCC3)c2c1. The van der Waals surface area contributed by atoms with Gasteiger partial charge in [-0.1, -0.05) is 25.2 Å². The highest BCUT2D eigenvalue weighted by Gasteiger charge is 2.12. The predicted octanol–water partition coefficient (Wildman–Crippen LogP) is 4.06. The van der Waals surface area contributed by atoms with Gasteiger partial charge in [0.25, 0.3) is 0 Å². The summed E-state index contributed by atoms with van der Waals surface area (Å²) in [6, 6.07) is 5.85. The molecule has 0 fully saturated rings. The molecule has 3 rings (SSSR count). The number of anilines is 1. The number of fused-ring (bicyclic) bond motifs is 1. The van der Waals surface area contributed by atoms with Crippen LogP contribution in [0.5, 0.6) is 0 Å². The van der Waals surface area contributed by atoms with Crippen molar-refractivity contribution < 1.29 is 9.53 Å². The Balaban J connectivity index is 1.74. The largest absolute Gasteiger partial charge is 0.445 e. The number of hydrogen-bond acceptors (Lipinski definition) is 3. The van der Waals surface area contributed by atoms with E-state index in [1.54, 1.807) is 0 Å². The van der Waals surface area contributed by atoms with Crippen LogP contribution in [0.1, 0.15) is 25.3 Å². The van der Waals surface area contributed by atoms with Gasteiger partial charge >= 0.3 is 6.09 Å². The second kappa shape index (κ2) is 7.84. The minimum atomic E-state index is -0.437. The lowest BCUT2D eigenvalue weighted by molar-refractivity contribution is 0.174. The summed E-state index contributed by atoms with van der Waals surface area (Å²) in [6.07, 6.45) is 9.59. The molecule has 1 aromatic carbocycles. The van der Waals surface area contributed by atoms with Gasteiger partial charge in [0.2, 0.25) is 0 Å². The zero-order valence-corrected chi connectivity index (χ0v) is 13.9. The molecule has 0 bridgehead atoms. The maximum Gasteiger partial charge on any atom is 0.411 e. The lowest BCUT2D eigenvalue weighted by atomic mass is 9.99. The number of allylic oxidation sites excluding steroid dienone is 1. The van der Waals surface area contributed by atoms with Gasteiger partial charge in [-0.25, -0.2) is 4.79 Å². The van der Waals surface area contributed by atoms with Gasteiger partial charge in [0.1, 0.15) is 6.61 Å². The van der Waals surface area contributed by atoms with E-state index < -0.39 is 6.09 Å². The van der Waals surface area contributed by atoms with Crippen LogP contribution in [0.15, 0.2) is 42.6 Å². The van der Waals surface area contributed by atoms with E-state index in [1.165, 1.54) is 11.1 Å². The Morgan fingerprint density at radius 3 is 3.08 bits per heavy atom. The van der Waals surface area contributed by atoms with Gasteiger partial charge in [0.05, 0.1) is 0 Å². The molecule has 1 aromatic heterocycles. The first-order chi connectivity index (χ1) is 11.8. The minimum absolute atomic E-state index is 0.289. The second-order valence-corrected chi connectivity index (χ2v) is 5.75. The molecular formula is C19H23N3O2. The third-order valence-corrected chi connectivity index (χ3v) is 4.05. The van der Waals surface area contributed by atoms with Crippen LogP contribution in [0.2, 0.25) is 0 Å². The van der Waals surface area contributed by atoms with Crippen molar-refractivity contribution in [2.24, 2.45) is 0 Å². The van der Waals surface area contributed by atoms with Gasteiger partial charge in [-0.2, -0.15) is 0 Å². The number of nitrogens with one attached hydrogen (secondary N) is 3. The number of hydrogen-bond donors (Lipinski definition) is 3. The number of H-pyrrole nitrogens is 1. The lowest BCUT2D eigenvalue weighted by Gasteiger charge is -2.13. The number of aromatic amines is 1. The highest BCUT2D eigenvalue weighted by atomic mass is 16.5. The molecular weight excluding hydrogens is 302 g/mol. The summed E-state index contributed by atoms with van der Waals surface area (Å²) in [4.78, 5) is 15.1. The van der Waals surface area contributed by atoms with Crippen molar-refractivity contribution in [2.45, 2.75) is 19.8 Å². The third-order valence-electron chi connectivity index (χ3n) is 4.05. The van der Waals surface area contributed by atoms with Crippen molar-refractivity contribution in [3.05, 3.63) is 48.2 Å². The van der Waals surface area contributed by atoms with Gasteiger partial charge in [-0.05, 0) is 43.2 Å². The fourth-order valence-electron chi connectivity index (χ4n) is 2.84. The number of ether oxygens (including phenoxy) is 1. The standard InChI is InChI=1S/C19H23N3O2/c1-2-3-4-11-24-19(23)22-15-5-6-18-16(12-15)17(13-21-18)14-7-9-20-10-8-14/h3-7,12-13,20-21H,2,8-11H2,1H3,(H,22,23)/b4-3+. The Hall–Kier alpha value is -2.53. The van der Waals surface area contributed by atoms with Gasteiger partial charge in [0, 0.05) is 34.9 Å². The zero-order valence-electron chi connectivity index (χ0n) is 13.9. The monoisotopic (exact) mass is 325 g/mol. The van der Waals surface area contributed by atoms with Crippen molar-refractivity contribution in [2.75, 3.05) is 25.0 Å². The summed E-state index contributed by atoms with van der Waals surface area (Å²) in [7, 11) is 0. The summed E-state index contributed by atoms with van der Waals surface area (Å²) in [6.45, 7) is 4.22. The molecule has 0 saturated heterocycles. The van der Waals surface area contributed by atoms with Crippen LogP contribution in [-0.4, -0.2) is 30.8 Å². The number of amides is 1. The summed E-state index contributed by atoms with van der Waals surface area (Å²) in [5, 5.41) is 7.23. The number of carbonyl (C=O) groups excluding carboxylic acids is 1. The molecule has 5 nitrogen and oxygen atoms in total. The summed E-state index contributed by atoms with van der Waals surface area (Å²) >= 11 is 0. The Morgan fingerprint density at radius 2 is 2.29 bits per heavy atom. The van der Waals surface area contributed by atoms with E-state index in [0.717, 1.165) is 42.5 Å². The molecule has 0 unspecified atom stereocenters. The van der Waals surface area contributed by atoms with Crippen molar-refractivity contribution in [3.63, 3.8) is 0 Å². The first kappa shape index (κ1) is 16.3. The van der Waals surface area contributed by atoms with Crippen molar-refractivity contribution >= 4 is 28.3 Å². The fourth-order valence-corrected chi connectivity index (χ4v) is 2.84. The first-order valence-corrected chi connectivity index (χ1v) is 8.38. The van der Waals surface area contributed by atoms with Crippen LogP contribution in [-0.2, 0) is 4.74 Å². The van der Waals surface area contributed by atoms with Gasteiger partial charge < -0.3 is 15.0 Å². The van der Waals surface area contributed by atoms with Crippen LogP contribution in [0, 0.1) is 0 Å². The highest BCUT2D eigenvalue weighted by Crippen LogP contribution is 2.29. The van der Waals surface area contributed by atoms with Crippen molar-refractivity contribution in [1.29, 1.82) is 0 Å². The zero-order chi connectivity index (χ0) is 16.8. The van der Waals surface area contributed by atoms with Crippen LogP contribution < -0.4 is 10.6 Å². The Labute approximate surface area is 141 Å². The van der Waals surface area contributed by atoms with E-state index in [2.05, 4.69) is 21.7 Å². The van der Waals surface area contributed by atoms with Crippen molar-refractivity contribution in [1.82, 2.24) is 10.3 Å². The highest BCUT2D eigenvalue weighted by molar-refractivity contribution is 5.96. The van der Waals surface area contributed by atoms with Crippen LogP contribution >= 0.6 is 0 Å². The molecule has 5 heteroatoms. The summed E-state index contributed by atoms with van der Waals surface area (Å²) in [5.41, 5.74) is 4.34. The van der Waals surface area contributed by atoms with E-state index in [0.29, 0.717) is 0 Å². The number of aromatic nitrogens is 1. The van der Waals surface area contributed by atoms with Crippen LogP contribution in [0.3, 0.4) is 0 Å². The minimum Gasteiger partial charge on any atom is -0.445 e. The molecule has 1 aliphatic rings. The Bertz CT molecular complexity index is 774. The predicted molar refractivity (Wildman–Crippen MR) is 98.2 cm³/mol. The van der Waals surface area contributed by atoms with E-state index in [-0.39, 0.29) is 6.61 Å². The van der Waals surface area contributed by atoms with E-state index in [4.69, 9.17) is 4.74 Å². The van der Waals surface area contributed by atoms with Gasteiger partial charge in [-0.15, -0.1) is 0 Å². The maximum absolute atomic E-state index is 11.8. The average molecular weight is 325 g/mol. The van der Waals surface area contributed by atoms with Gasteiger partial charge in [0.15, 0.2) is 0 Å². The Morgan fingerprint density at radius 1 is 1.38 bits per heavy atom. The smallest absolute Gasteiger partial charge is 0.411 e. The molecule has 1 aliphatic heterocycles. The van der Waals surface area contributed by atoms with E-state index in [9.17, 15) is 4.79 Å². The molecule has 0 saturated carbocycles. The average Bonchev–Trinajstić information content (AvgIpc) is 3.03. The molecule has 1 amide bonds. The topological polar surface area (TPSA) is 66.1 Å². The lowest BCUT2D eigenvalue weighted by Crippen LogP contribution is -2.19. The number of rotatable bonds is 5. The quantitative estimate of drug-likeness (QED) is 0.726. The number of benzene rings is 1. The van der Waals surface area contributed by atoms with Gasteiger partial charge in [-0.3, -0.25) is 5.32 Å². The fraction of sp³-hybridized carbons (Fsp3) is 0.316. The molecule has 3 N–H and O–H groups in total. The van der Waals surface area contributed by atoms with Crippen LogP contribution in [0.4, 0.5) is 10.5 Å². The van der Waals surface area contributed by atoms with Crippen molar-refractivity contribution in [3.8, 4) is 0 Å². The first-order valence-electron chi connectivity index (χ1n) is 8.38. The molecule has 0 radical (unpaired) electrons. The molecule has 2 aromatic rings. The van der Waals surface area contributed by atoms with E-state index >= 15 is 0 Å². The third kappa shape index (κ3) is 3.86. The van der Waals surface area contributed by atoms with Crippen LogP contribution in [0.25, 0.3) is 16.5 Å². The second-order valence-electron chi connectivity index (χ2n) is 5.75. The molecule has 2 heterocycles. The summed E-state index contributed by atoms with van der Waals surface area (Å²) < 4.78 is 5.12. The molecule has 0 spiro atoms. The maximum atomic E-state index is 11.8. The molecule has 0 aliphatic carbocycles. The molecule has 0 atom stereocenters.